The normalized spacial score (nSPS) is 10.7. The molecule has 164 valence electrons. The highest BCUT2D eigenvalue weighted by molar-refractivity contribution is 6.00. The van der Waals surface area contributed by atoms with E-state index < -0.39 is 0 Å². The first kappa shape index (κ1) is 21.2. The van der Waals surface area contributed by atoms with Gasteiger partial charge in [0.15, 0.2) is 0 Å². The topological polar surface area (TPSA) is 77.4 Å². The summed E-state index contributed by atoms with van der Waals surface area (Å²) < 4.78 is 12.6. The summed E-state index contributed by atoms with van der Waals surface area (Å²) in [6, 6.07) is 20.9. The first-order valence-corrected chi connectivity index (χ1v) is 10.4. The van der Waals surface area contributed by atoms with Gasteiger partial charge in [0.2, 0.25) is 0 Å². The average Bonchev–Trinajstić information content (AvgIpc) is 3.14. The Kier molecular flexibility index (Phi) is 6.26. The van der Waals surface area contributed by atoms with Gasteiger partial charge in [-0.2, -0.15) is 0 Å². The summed E-state index contributed by atoms with van der Waals surface area (Å²) in [6.45, 7) is 0. The second kappa shape index (κ2) is 9.43. The Morgan fingerprint density at radius 1 is 0.875 bits per heavy atom. The third-order valence-electron chi connectivity index (χ3n) is 5.34. The summed E-state index contributed by atoms with van der Waals surface area (Å²) in [5.41, 5.74) is 4.63. The van der Waals surface area contributed by atoms with Crippen LogP contribution in [-0.4, -0.2) is 29.8 Å². The molecule has 0 fully saturated rings. The summed E-state index contributed by atoms with van der Waals surface area (Å²) in [7, 11) is 5.18. The van der Waals surface area contributed by atoms with E-state index in [0.29, 0.717) is 22.9 Å². The van der Waals surface area contributed by atoms with Crippen molar-refractivity contribution in [2.24, 2.45) is 7.05 Å². The predicted molar refractivity (Wildman–Crippen MR) is 127 cm³/mol. The predicted octanol–water partition coefficient (Wildman–Crippen LogP) is 5.02. The Labute approximate surface area is 187 Å². The first-order chi connectivity index (χ1) is 15.6. The highest BCUT2D eigenvalue weighted by Crippen LogP contribution is 2.26. The van der Waals surface area contributed by atoms with Crippen molar-refractivity contribution in [3.05, 3.63) is 78.1 Å². The molecule has 0 aliphatic heterocycles. The number of fused-ring (bicyclic) bond motifs is 1. The summed E-state index contributed by atoms with van der Waals surface area (Å²) in [5, 5.41) is 5.64. The highest BCUT2D eigenvalue weighted by Gasteiger charge is 2.09. The SMILES string of the molecule is COc1cc(NC(=O)Nc2ccc(CCc3nc4ccccc4n3C)cc2)cc(OC)c1. The quantitative estimate of drug-likeness (QED) is 0.432. The van der Waals surface area contributed by atoms with E-state index in [0.717, 1.165) is 29.7 Å². The number of amides is 2. The number of aromatic nitrogens is 2. The number of methoxy groups -OCH3 is 2. The van der Waals surface area contributed by atoms with Crippen LogP contribution in [0.1, 0.15) is 11.4 Å². The van der Waals surface area contributed by atoms with Gasteiger partial charge in [0.05, 0.1) is 25.3 Å². The van der Waals surface area contributed by atoms with E-state index in [-0.39, 0.29) is 6.03 Å². The fourth-order valence-electron chi connectivity index (χ4n) is 3.60. The van der Waals surface area contributed by atoms with E-state index in [1.54, 1.807) is 32.4 Å². The Morgan fingerprint density at radius 2 is 1.53 bits per heavy atom. The third-order valence-corrected chi connectivity index (χ3v) is 5.34. The second-order valence-corrected chi connectivity index (χ2v) is 7.45. The zero-order valence-electron chi connectivity index (χ0n) is 18.4. The Morgan fingerprint density at radius 3 is 2.19 bits per heavy atom. The number of nitrogens with zero attached hydrogens (tertiary/aromatic N) is 2. The van der Waals surface area contributed by atoms with Crippen molar-refractivity contribution in [2.75, 3.05) is 24.9 Å². The lowest BCUT2D eigenvalue weighted by atomic mass is 10.1. The number of hydrogen-bond donors (Lipinski definition) is 2. The number of carbonyl (C=O) groups is 1. The second-order valence-electron chi connectivity index (χ2n) is 7.45. The minimum atomic E-state index is -0.340. The minimum Gasteiger partial charge on any atom is -0.497 e. The molecule has 0 atom stereocenters. The maximum Gasteiger partial charge on any atom is 0.323 e. The number of imidazole rings is 1. The zero-order chi connectivity index (χ0) is 22.5. The molecule has 3 aromatic carbocycles. The van der Waals surface area contributed by atoms with Crippen LogP contribution in [0.2, 0.25) is 0 Å². The van der Waals surface area contributed by atoms with Crippen LogP contribution < -0.4 is 20.1 Å². The molecule has 1 aromatic heterocycles. The molecular weight excluding hydrogens is 404 g/mol. The van der Waals surface area contributed by atoms with Gasteiger partial charge in [0.25, 0.3) is 0 Å². The first-order valence-electron chi connectivity index (χ1n) is 10.4. The maximum absolute atomic E-state index is 12.4. The van der Waals surface area contributed by atoms with Crippen LogP contribution in [0.25, 0.3) is 11.0 Å². The summed E-state index contributed by atoms with van der Waals surface area (Å²) in [4.78, 5) is 17.1. The maximum atomic E-state index is 12.4. The summed E-state index contributed by atoms with van der Waals surface area (Å²) in [5.74, 6) is 2.26. The number of rotatable bonds is 7. The summed E-state index contributed by atoms with van der Waals surface area (Å²) >= 11 is 0. The molecule has 32 heavy (non-hydrogen) atoms. The number of urea groups is 1. The van der Waals surface area contributed by atoms with Gasteiger partial charge in [-0.1, -0.05) is 24.3 Å². The largest absolute Gasteiger partial charge is 0.497 e. The molecule has 0 radical (unpaired) electrons. The van der Waals surface area contributed by atoms with Gasteiger partial charge in [0, 0.05) is 43.0 Å². The Hall–Kier alpha value is -4.00. The molecular formula is C25H26N4O3. The smallest absolute Gasteiger partial charge is 0.323 e. The molecule has 0 aliphatic rings. The minimum absolute atomic E-state index is 0.340. The highest BCUT2D eigenvalue weighted by atomic mass is 16.5. The Bertz CT molecular complexity index is 1210. The van der Waals surface area contributed by atoms with Gasteiger partial charge in [-0.3, -0.25) is 0 Å². The molecule has 0 bridgehead atoms. The third kappa shape index (κ3) is 4.83. The van der Waals surface area contributed by atoms with Gasteiger partial charge in [-0.25, -0.2) is 9.78 Å². The molecule has 0 spiro atoms. The number of ether oxygens (including phenoxy) is 2. The van der Waals surface area contributed by atoms with Crippen molar-refractivity contribution < 1.29 is 14.3 Å². The molecule has 4 aromatic rings. The standard InChI is InChI=1S/C25H26N4O3/c1-29-23-7-5-4-6-22(23)28-24(29)13-10-17-8-11-18(12-9-17)26-25(30)27-19-14-20(31-2)16-21(15-19)32-3/h4-9,11-12,14-16H,10,13H2,1-3H3,(H2,26,27,30). The van der Waals surface area contributed by atoms with Gasteiger partial charge >= 0.3 is 6.03 Å². The van der Waals surface area contributed by atoms with Gasteiger partial charge in [-0.15, -0.1) is 0 Å². The van der Waals surface area contributed by atoms with E-state index >= 15 is 0 Å². The van der Waals surface area contributed by atoms with Crippen LogP contribution in [0.5, 0.6) is 11.5 Å². The molecule has 1 heterocycles. The number of hydrogen-bond acceptors (Lipinski definition) is 4. The molecule has 0 aliphatic carbocycles. The van der Waals surface area contributed by atoms with Crippen LogP contribution in [0, 0.1) is 0 Å². The number of para-hydroxylation sites is 2. The monoisotopic (exact) mass is 430 g/mol. The molecule has 4 rings (SSSR count). The molecule has 0 unspecified atom stereocenters. The fraction of sp³-hybridized carbons (Fsp3) is 0.200. The van der Waals surface area contributed by atoms with E-state index in [9.17, 15) is 4.79 Å². The van der Waals surface area contributed by atoms with Crippen LogP contribution in [0.4, 0.5) is 16.2 Å². The number of anilines is 2. The van der Waals surface area contributed by atoms with Crippen molar-refractivity contribution in [1.29, 1.82) is 0 Å². The van der Waals surface area contributed by atoms with Crippen molar-refractivity contribution in [2.45, 2.75) is 12.8 Å². The van der Waals surface area contributed by atoms with Crippen molar-refractivity contribution >= 4 is 28.4 Å². The average molecular weight is 431 g/mol. The zero-order valence-corrected chi connectivity index (χ0v) is 18.4. The molecule has 7 heteroatoms. The van der Waals surface area contributed by atoms with E-state index in [1.807, 2.05) is 49.5 Å². The van der Waals surface area contributed by atoms with Crippen molar-refractivity contribution in [1.82, 2.24) is 9.55 Å². The number of carbonyl (C=O) groups excluding carboxylic acids is 1. The van der Waals surface area contributed by atoms with Crippen LogP contribution in [0.15, 0.2) is 66.7 Å². The van der Waals surface area contributed by atoms with Crippen molar-refractivity contribution in [3.8, 4) is 11.5 Å². The lowest BCUT2D eigenvalue weighted by molar-refractivity contribution is 0.262. The molecule has 0 saturated carbocycles. The van der Waals surface area contributed by atoms with Gasteiger partial charge in [0.1, 0.15) is 17.3 Å². The van der Waals surface area contributed by atoms with Gasteiger partial charge < -0.3 is 24.7 Å². The van der Waals surface area contributed by atoms with Crippen molar-refractivity contribution in [3.63, 3.8) is 0 Å². The van der Waals surface area contributed by atoms with Gasteiger partial charge in [-0.05, 0) is 36.2 Å². The lowest BCUT2D eigenvalue weighted by Crippen LogP contribution is -2.19. The van der Waals surface area contributed by atoms with E-state index in [1.165, 1.54) is 5.56 Å². The van der Waals surface area contributed by atoms with E-state index in [2.05, 4.69) is 21.3 Å². The molecule has 2 amide bonds. The number of nitrogens with one attached hydrogen (secondary N) is 2. The molecule has 2 N–H and O–H groups in total. The van der Waals surface area contributed by atoms with E-state index in [4.69, 9.17) is 14.5 Å². The van der Waals surface area contributed by atoms with Crippen LogP contribution >= 0.6 is 0 Å². The molecule has 0 saturated heterocycles. The number of aryl methyl sites for hydroxylation is 3. The number of benzene rings is 3. The molecule has 7 nitrogen and oxygen atoms in total. The van der Waals surface area contributed by atoms with Crippen LogP contribution in [0.3, 0.4) is 0 Å². The fourth-order valence-corrected chi connectivity index (χ4v) is 3.60. The van der Waals surface area contributed by atoms with Crippen LogP contribution in [-0.2, 0) is 19.9 Å². The lowest BCUT2D eigenvalue weighted by Gasteiger charge is -2.11. The summed E-state index contributed by atoms with van der Waals surface area (Å²) in [6.07, 6.45) is 1.71. The Balaban J connectivity index is 1.35.